The molecule has 0 aliphatic heterocycles. The smallest absolute Gasteiger partial charge is 0.237 e. The van der Waals surface area contributed by atoms with Crippen molar-refractivity contribution in [1.29, 1.82) is 0 Å². The first-order valence-electron chi connectivity index (χ1n) is 4.13. The van der Waals surface area contributed by atoms with Crippen LogP contribution in [0.15, 0.2) is 28.6 Å². The molecule has 2 aromatic heterocycles. The SMILES string of the molecule is COc1nc(Sc2ncn[nH]2)ccc1N. The van der Waals surface area contributed by atoms with Crippen molar-refractivity contribution in [2.75, 3.05) is 12.8 Å². The van der Waals surface area contributed by atoms with Gasteiger partial charge in [-0.3, -0.25) is 5.10 Å². The molecule has 0 radical (unpaired) electrons. The van der Waals surface area contributed by atoms with Crippen LogP contribution in [0.1, 0.15) is 0 Å². The maximum atomic E-state index is 5.64. The normalized spacial score (nSPS) is 10.2. The van der Waals surface area contributed by atoms with Crippen LogP contribution >= 0.6 is 11.8 Å². The predicted octanol–water partition coefficient (Wildman–Crippen LogP) is 0.942. The van der Waals surface area contributed by atoms with Crippen LogP contribution < -0.4 is 10.5 Å². The van der Waals surface area contributed by atoms with E-state index in [0.29, 0.717) is 16.7 Å². The van der Waals surface area contributed by atoms with Crippen LogP contribution in [0.25, 0.3) is 0 Å². The number of anilines is 1. The number of rotatable bonds is 3. The van der Waals surface area contributed by atoms with Gasteiger partial charge in [-0.25, -0.2) is 9.97 Å². The standard InChI is InChI=1S/C8H9N5OS/c1-14-7-5(9)2-3-6(12-7)15-8-10-4-11-13-8/h2-4H,9H2,1H3,(H,10,11,13). The fraction of sp³-hybridized carbons (Fsp3) is 0.125. The summed E-state index contributed by atoms with van der Waals surface area (Å²) in [6.45, 7) is 0. The number of hydrogen-bond acceptors (Lipinski definition) is 6. The average Bonchev–Trinajstić information content (AvgIpc) is 2.73. The Balaban J connectivity index is 2.22. The number of hydrogen-bond donors (Lipinski definition) is 2. The zero-order valence-electron chi connectivity index (χ0n) is 7.97. The van der Waals surface area contributed by atoms with E-state index in [4.69, 9.17) is 10.5 Å². The van der Waals surface area contributed by atoms with E-state index in [-0.39, 0.29) is 0 Å². The second kappa shape index (κ2) is 4.18. The molecule has 0 bridgehead atoms. The molecule has 0 aliphatic carbocycles. The molecule has 3 N–H and O–H groups in total. The summed E-state index contributed by atoms with van der Waals surface area (Å²) in [6, 6.07) is 3.54. The van der Waals surface area contributed by atoms with Gasteiger partial charge in [0.1, 0.15) is 11.4 Å². The van der Waals surface area contributed by atoms with Crippen LogP contribution in [0, 0.1) is 0 Å². The molecule has 2 rings (SSSR count). The summed E-state index contributed by atoms with van der Waals surface area (Å²) in [7, 11) is 1.53. The molecule has 0 spiro atoms. The van der Waals surface area contributed by atoms with Gasteiger partial charge in [0.15, 0.2) is 5.16 Å². The first-order valence-corrected chi connectivity index (χ1v) is 4.95. The fourth-order valence-electron chi connectivity index (χ4n) is 0.997. The van der Waals surface area contributed by atoms with Crippen molar-refractivity contribution in [3.8, 4) is 5.88 Å². The number of aromatic nitrogens is 4. The van der Waals surface area contributed by atoms with Gasteiger partial charge in [0.2, 0.25) is 5.88 Å². The number of nitrogens with zero attached hydrogens (tertiary/aromatic N) is 3. The molecule has 78 valence electrons. The molecule has 2 aromatic rings. The molecule has 0 atom stereocenters. The largest absolute Gasteiger partial charge is 0.480 e. The minimum Gasteiger partial charge on any atom is -0.480 e. The summed E-state index contributed by atoms with van der Waals surface area (Å²) < 4.78 is 5.01. The van der Waals surface area contributed by atoms with Crippen LogP contribution in [-0.2, 0) is 0 Å². The van der Waals surface area contributed by atoms with E-state index in [1.54, 1.807) is 12.1 Å². The number of nitrogen functional groups attached to an aromatic ring is 1. The van der Waals surface area contributed by atoms with Crippen molar-refractivity contribution >= 4 is 17.4 Å². The predicted molar refractivity (Wildman–Crippen MR) is 55.7 cm³/mol. The molecular formula is C8H9N5OS. The summed E-state index contributed by atoms with van der Waals surface area (Å²) in [6.07, 6.45) is 1.44. The molecule has 0 aromatic carbocycles. The lowest BCUT2D eigenvalue weighted by atomic mass is 10.4. The second-order valence-corrected chi connectivity index (χ2v) is 3.65. The Hall–Kier alpha value is -1.76. The lowest BCUT2D eigenvalue weighted by Crippen LogP contribution is -1.95. The third-order valence-electron chi connectivity index (χ3n) is 1.65. The molecule has 15 heavy (non-hydrogen) atoms. The highest BCUT2D eigenvalue weighted by Gasteiger charge is 2.05. The van der Waals surface area contributed by atoms with Gasteiger partial charge in [-0.05, 0) is 23.9 Å². The number of H-pyrrole nitrogens is 1. The zero-order valence-corrected chi connectivity index (χ0v) is 8.78. The van der Waals surface area contributed by atoms with Crippen LogP contribution in [0.3, 0.4) is 0 Å². The van der Waals surface area contributed by atoms with E-state index in [9.17, 15) is 0 Å². The summed E-state index contributed by atoms with van der Waals surface area (Å²) in [5.74, 6) is 0.416. The molecule has 0 fully saturated rings. The number of aromatic amines is 1. The van der Waals surface area contributed by atoms with E-state index in [1.807, 2.05) is 0 Å². The van der Waals surface area contributed by atoms with Crippen LogP contribution in [0.2, 0.25) is 0 Å². The second-order valence-electron chi connectivity index (χ2n) is 2.64. The van der Waals surface area contributed by atoms with E-state index in [1.165, 1.54) is 25.2 Å². The van der Waals surface area contributed by atoms with E-state index >= 15 is 0 Å². The van der Waals surface area contributed by atoms with Gasteiger partial charge >= 0.3 is 0 Å². The highest BCUT2D eigenvalue weighted by Crippen LogP contribution is 2.26. The molecule has 0 unspecified atom stereocenters. The monoisotopic (exact) mass is 223 g/mol. The molecule has 0 saturated heterocycles. The van der Waals surface area contributed by atoms with Crippen molar-refractivity contribution in [3.05, 3.63) is 18.5 Å². The van der Waals surface area contributed by atoms with Gasteiger partial charge in [0.05, 0.1) is 12.8 Å². The van der Waals surface area contributed by atoms with E-state index < -0.39 is 0 Å². The number of nitrogens with one attached hydrogen (secondary N) is 1. The number of methoxy groups -OCH3 is 1. The molecule has 0 saturated carbocycles. The fourth-order valence-corrected chi connectivity index (χ4v) is 1.66. The summed E-state index contributed by atoms with van der Waals surface area (Å²) >= 11 is 1.36. The van der Waals surface area contributed by atoms with Gasteiger partial charge in [-0.15, -0.1) is 0 Å². The minimum absolute atomic E-state index is 0.416. The van der Waals surface area contributed by atoms with Gasteiger partial charge in [-0.2, -0.15) is 5.10 Å². The first-order chi connectivity index (χ1) is 7.29. The Morgan fingerprint density at radius 2 is 2.33 bits per heavy atom. The Bertz CT molecular complexity index is 444. The molecule has 2 heterocycles. The summed E-state index contributed by atoms with van der Waals surface area (Å²) in [4.78, 5) is 8.17. The zero-order chi connectivity index (χ0) is 10.7. The van der Waals surface area contributed by atoms with E-state index in [2.05, 4.69) is 20.2 Å². The summed E-state index contributed by atoms with van der Waals surface area (Å²) in [5.41, 5.74) is 6.15. The number of ether oxygens (including phenoxy) is 1. The highest BCUT2D eigenvalue weighted by molar-refractivity contribution is 7.99. The number of nitrogens with two attached hydrogens (primary N) is 1. The maximum Gasteiger partial charge on any atom is 0.237 e. The quantitative estimate of drug-likeness (QED) is 0.805. The molecule has 7 heteroatoms. The molecule has 0 amide bonds. The molecular weight excluding hydrogens is 214 g/mol. The maximum absolute atomic E-state index is 5.64. The van der Waals surface area contributed by atoms with Gasteiger partial charge in [0, 0.05) is 0 Å². The Kier molecular flexibility index (Phi) is 2.72. The third-order valence-corrected chi connectivity index (χ3v) is 2.48. The lowest BCUT2D eigenvalue weighted by Gasteiger charge is -2.04. The molecule has 6 nitrogen and oxygen atoms in total. The minimum atomic E-state index is 0.416. The topological polar surface area (TPSA) is 89.7 Å². The van der Waals surface area contributed by atoms with Crippen molar-refractivity contribution in [2.45, 2.75) is 10.2 Å². The van der Waals surface area contributed by atoms with Crippen LogP contribution in [0.5, 0.6) is 5.88 Å². The van der Waals surface area contributed by atoms with Crippen molar-refractivity contribution in [1.82, 2.24) is 20.2 Å². The Morgan fingerprint density at radius 1 is 1.47 bits per heavy atom. The van der Waals surface area contributed by atoms with Crippen molar-refractivity contribution in [2.24, 2.45) is 0 Å². The lowest BCUT2D eigenvalue weighted by molar-refractivity contribution is 0.397. The first kappa shape index (κ1) is 9.78. The van der Waals surface area contributed by atoms with E-state index in [0.717, 1.165) is 5.03 Å². The van der Waals surface area contributed by atoms with Gasteiger partial charge in [0.25, 0.3) is 0 Å². The highest BCUT2D eigenvalue weighted by atomic mass is 32.2. The Labute approximate surface area is 90.3 Å². The van der Waals surface area contributed by atoms with Gasteiger partial charge in [-0.1, -0.05) is 0 Å². The van der Waals surface area contributed by atoms with Gasteiger partial charge < -0.3 is 10.5 Å². The van der Waals surface area contributed by atoms with Crippen LogP contribution in [0.4, 0.5) is 5.69 Å². The average molecular weight is 223 g/mol. The van der Waals surface area contributed by atoms with Crippen molar-refractivity contribution in [3.63, 3.8) is 0 Å². The summed E-state index contributed by atoms with van der Waals surface area (Å²) in [5, 5.41) is 7.89. The van der Waals surface area contributed by atoms with Crippen LogP contribution in [-0.4, -0.2) is 27.3 Å². The third kappa shape index (κ3) is 2.18. The van der Waals surface area contributed by atoms with Crippen molar-refractivity contribution < 1.29 is 4.74 Å². The number of pyridine rings is 1. The molecule has 0 aliphatic rings. The Morgan fingerprint density at radius 3 is 3.00 bits per heavy atom.